The van der Waals surface area contributed by atoms with Gasteiger partial charge < -0.3 is 9.84 Å². The molecule has 0 fully saturated rings. The number of aromatic nitrogens is 3. The van der Waals surface area contributed by atoms with Crippen molar-refractivity contribution in [2.24, 2.45) is 0 Å². The number of hydrogen-bond donors (Lipinski definition) is 1. The average Bonchev–Trinajstić information content (AvgIpc) is 2.89. The van der Waals surface area contributed by atoms with E-state index in [2.05, 4.69) is 20.4 Å². The quantitative estimate of drug-likeness (QED) is 0.741. The van der Waals surface area contributed by atoms with Crippen LogP contribution in [-0.2, 0) is 6.54 Å². The zero-order chi connectivity index (χ0) is 11.5. The molecular weight excluding hydrogens is 216 g/mol. The van der Waals surface area contributed by atoms with Gasteiger partial charge in [0.2, 0.25) is 5.95 Å². The van der Waals surface area contributed by atoms with E-state index in [4.69, 9.17) is 4.52 Å². The molecule has 5 nitrogen and oxygen atoms in total. The minimum absolute atomic E-state index is 0.550. The summed E-state index contributed by atoms with van der Waals surface area (Å²) in [6.45, 7) is 0.550. The Morgan fingerprint density at radius 3 is 3.00 bits per heavy atom. The molecule has 2 aromatic heterocycles. The van der Waals surface area contributed by atoms with Crippen molar-refractivity contribution in [3.8, 4) is 0 Å². The maximum atomic E-state index is 4.74. The standard InChI is InChI=1S/C12H10N4O/c1-2-4-11-9(3-1)7-13-12(15-11)14-8-10-5-6-17-16-10/h1-7H,8H2,(H,13,14,15). The molecule has 0 saturated heterocycles. The first-order valence-corrected chi connectivity index (χ1v) is 5.27. The zero-order valence-electron chi connectivity index (χ0n) is 9.00. The van der Waals surface area contributed by atoms with Crippen LogP contribution in [0.4, 0.5) is 5.95 Å². The Hall–Kier alpha value is -2.43. The van der Waals surface area contributed by atoms with Crippen LogP contribution in [0.2, 0.25) is 0 Å². The van der Waals surface area contributed by atoms with Gasteiger partial charge in [0, 0.05) is 17.6 Å². The molecule has 3 rings (SSSR count). The van der Waals surface area contributed by atoms with Crippen LogP contribution in [-0.4, -0.2) is 15.1 Å². The molecule has 3 aromatic rings. The Kier molecular flexibility index (Phi) is 2.42. The molecule has 0 atom stereocenters. The van der Waals surface area contributed by atoms with Crippen LogP contribution in [0.15, 0.2) is 47.3 Å². The zero-order valence-corrected chi connectivity index (χ0v) is 9.00. The van der Waals surface area contributed by atoms with Gasteiger partial charge >= 0.3 is 0 Å². The third kappa shape index (κ3) is 2.08. The van der Waals surface area contributed by atoms with Gasteiger partial charge in [0.1, 0.15) is 12.0 Å². The van der Waals surface area contributed by atoms with Gasteiger partial charge in [0.25, 0.3) is 0 Å². The van der Waals surface area contributed by atoms with Gasteiger partial charge in [0.05, 0.1) is 12.1 Å². The molecule has 17 heavy (non-hydrogen) atoms. The monoisotopic (exact) mass is 226 g/mol. The lowest BCUT2D eigenvalue weighted by molar-refractivity contribution is 0.412. The highest BCUT2D eigenvalue weighted by Gasteiger charge is 2.00. The molecule has 0 unspecified atom stereocenters. The Bertz CT molecular complexity index is 621. The molecule has 0 bridgehead atoms. The molecular formula is C12H10N4O. The summed E-state index contributed by atoms with van der Waals surface area (Å²) in [5, 5.41) is 7.92. The fourth-order valence-corrected chi connectivity index (χ4v) is 1.56. The van der Waals surface area contributed by atoms with Crippen LogP contribution in [0.25, 0.3) is 10.9 Å². The van der Waals surface area contributed by atoms with Crippen molar-refractivity contribution in [1.82, 2.24) is 15.1 Å². The average molecular weight is 226 g/mol. The van der Waals surface area contributed by atoms with Crippen molar-refractivity contribution in [3.05, 3.63) is 48.5 Å². The third-order valence-corrected chi connectivity index (χ3v) is 2.41. The summed E-state index contributed by atoms with van der Waals surface area (Å²) in [6.07, 6.45) is 3.34. The lowest BCUT2D eigenvalue weighted by Crippen LogP contribution is -2.03. The van der Waals surface area contributed by atoms with Crippen LogP contribution in [0.3, 0.4) is 0 Å². The predicted molar refractivity (Wildman–Crippen MR) is 63.4 cm³/mol. The molecule has 2 heterocycles. The van der Waals surface area contributed by atoms with Gasteiger partial charge in [-0.05, 0) is 6.07 Å². The molecule has 0 spiro atoms. The Balaban J connectivity index is 1.81. The highest BCUT2D eigenvalue weighted by Crippen LogP contribution is 2.12. The molecule has 5 heteroatoms. The minimum Gasteiger partial charge on any atom is -0.364 e. The van der Waals surface area contributed by atoms with Crippen LogP contribution in [0, 0.1) is 0 Å². The van der Waals surface area contributed by atoms with Crippen LogP contribution >= 0.6 is 0 Å². The number of hydrogen-bond acceptors (Lipinski definition) is 5. The third-order valence-electron chi connectivity index (χ3n) is 2.41. The van der Waals surface area contributed by atoms with Crippen LogP contribution in [0.5, 0.6) is 0 Å². The summed E-state index contributed by atoms with van der Waals surface area (Å²) in [5.41, 5.74) is 1.74. The van der Waals surface area contributed by atoms with E-state index in [1.165, 1.54) is 6.26 Å². The Morgan fingerprint density at radius 2 is 2.12 bits per heavy atom. The predicted octanol–water partition coefficient (Wildman–Crippen LogP) is 2.23. The molecule has 1 aromatic carbocycles. The van der Waals surface area contributed by atoms with Gasteiger partial charge in [0.15, 0.2) is 0 Å². The number of fused-ring (bicyclic) bond motifs is 1. The SMILES string of the molecule is c1ccc2nc(NCc3ccon3)ncc2c1. The maximum Gasteiger partial charge on any atom is 0.223 e. The van der Waals surface area contributed by atoms with Crippen molar-refractivity contribution in [3.63, 3.8) is 0 Å². The molecule has 1 N–H and O–H groups in total. The smallest absolute Gasteiger partial charge is 0.223 e. The molecule has 84 valence electrons. The van der Waals surface area contributed by atoms with E-state index in [0.29, 0.717) is 12.5 Å². The molecule has 0 amide bonds. The van der Waals surface area contributed by atoms with E-state index in [1.54, 1.807) is 12.3 Å². The van der Waals surface area contributed by atoms with E-state index >= 15 is 0 Å². The van der Waals surface area contributed by atoms with E-state index in [0.717, 1.165) is 16.6 Å². The number of nitrogens with one attached hydrogen (secondary N) is 1. The molecule has 0 aliphatic rings. The number of nitrogens with zero attached hydrogens (tertiary/aromatic N) is 3. The number of rotatable bonds is 3. The largest absolute Gasteiger partial charge is 0.364 e. The lowest BCUT2D eigenvalue weighted by Gasteiger charge is -2.03. The summed E-state index contributed by atoms with van der Waals surface area (Å²) >= 11 is 0. The van der Waals surface area contributed by atoms with Crippen LogP contribution < -0.4 is 5.32 Å². The first kappa shape index (κ1) is 9.77. The second kappa shape index (κ2) is 4.21. The van der Waals surface area contributed by atoms with Crippen molar-refractivity contribution < 1.29 is 4.52 Å². The van der Waals surface area contributed by atoms with Crippen LogP contribution in [0.1, 0.15) is 5.69 Å². The van der Waals surface area contributed by atoms with Gasteiger partial charge in [-0.25, -0.2) is 9.97 Å². The summed E-state index contributed by atoms with van der Waals surface area (Å²) in [5.74, 6) is 0.590. The summed E-state index contributed by atoms with van der Waals surface area (Å²) in [7, 11) is 0. The van der Waals surface area contributed by atoms with E-state index in [-0.39, 0.29) is 0 Å². The van der Waals surface area contributed by atoms with E-state index < -0.39 is 0 Å². The maximum absolute atomic E-state index is 4.74. The lowest BCUT2D eigenvalue weighted by atomic mass is 10.2. The van der Waals surface area contributed by atoms with Crippen molar-refractivity contribution >= 4 is 16.9 Å². The number of anilines is 1. The second-order valence-electron chi connectivity index (χ2n) is 3.60. The van der Waals surface area contributed by atoms with Gasteiger partial charge in [-0.2, -0.15) is 0 Å². The topological polar surface area (TPSA) is 63.8 Å². The van der Waals surface area contributed by atoms with E-state index in [9.17, 15) is 0 Å². The number of para-hydroxylation sites is 1. The molecule has 0 saturated carbocycles. The Morgan fingerprint density at radius 1 is 1.18 bits per heavy atom. The molecule has 0 aliphatic carbocycles. The summed E-state index contributed by atoms with van der Waals surface area (Å²) < 4.78 is 4.74. The van der Waals surface area contributed by atoms with Crippen molar-refractivity contribution in [1.29, 1.82) is 0 Å². The molecule has 0 aliphatic heterocycles. The first-order chi connectivity index (χ1) is 8.42. The van der Waals surface area contributed by atoms with Gasteiger partial charge in [-0.15, -0.1) is 0 Å². The normalized spacial score (nSPS) is 10.6. The minimum atomic E-state index is 0.550. The second-order valence-corrected chi connectivity index (χ2v) is 3.60. The Labute approximate surface area is 97.5 Å². The fraction of sp³-hybridized carbons (Fsp3) is 0.0833. The van der Waals surface area contributed by atoms with Gasteiger partial charge in [-0.3, -0.25) is 0 Å². The summed E-state index contributed by atoms with van der Waals surface area (Å²) in [4.78, 5) is 8.62. The molecule has 0 radical (unpaired) electrons. The van der Waals surface area contributed by atoms with Gasteiger partial charge in [-0.1, -0.05) is 23.4 Å². The highest BCUT2D eigenvalue weighted by atomic mass is 16.5. The van der Waals surface area contributed by atoms with Crippen molar-refractivity contribution in [2.75, 3.05) is 5.32 Å². The highest BCUT2D eigenvalue weighted by molar-refractivity contribution is 5.78. The van der Waals surface area contributed by atoms with Crippen molar-refractivity contribution in [2.45, 2.75) is 6.54 Å². The fourth-order valence-electron chi connectivity index (χ4n) is 1.56. The first-order valence-electron chi connectivity index (χ1n) is 5.27. The summed E-state index contributed by atoms with van der Waals surface area (Å²) in [6, 6.07) is 9.66. The number of benzene rings is 1. The van der Waals surface area contributed by atoms with E-state index in [1.807, 2.05) is 24.3 Å².